The van der Waals surface area contributed by atoms with E-state index in [0.717, 1.165) is 11.8 Å². The number of halogens is 1. The number of phenols is 1. The Morgan fingerprint density at radius 3 is 2.57 bits per heavy atom. The monoisotopic (exact) mass is 445 g/mol. The van der Waals surface area contributed by atoms with Gasteiger partial charge in [0.25, 0.3) is 11.8 Å². The zero-order valence-corrected chi connectivity index (χ0v) is 17.1. The number of hydrogen-bond donors (Lipinski definition) is 3. The summed E-state index contributed by atoms with van der Waals surface area (Å²) < 4.78 is 14.1. The number of nitrogens with zero attached hydrogens (tertiary/aromatic N) is 1. The van der Waals surface area contributed by atoms with Gasteiger partial charge in [0.2, 0.25) is 5.91 Å². The first kappa shape index (κ1) is 21.5. The Labute approximate surface area is 180 Å². The van der Waals surface area contributed by atoms with Gasteiger partial charge in [-0.1, -0.05) is 54.3 Å². The highest BCUT2D eigenvalue weighted by Crippen LogP contribution is 2.32. The molecule has 0 bridgehead atoms. The van der Waals surface area contributed by atoms with E-state index in [9.17, 15) is 23.9 Å². The molecule has 0 aromatic heterocycles. The van der Waals surface area contributed by atoms with E-state index >= 15 is 0 Å². The van der Waals surface area contributed by atoms with Crippen molar-refractivity contribution in [3.8, 4) is 5.75 Å². The lowest BCUT2D eigenvalue weighted by Gasteiger charge is -2.14. The van der Waals surface area contributed by atoms with Crippen molar-refractivity contribution in [1.29, 1.82) is 0 Å². The van der Waals surface area contributed by atoms with Gasteiger partial charge in [0.05, 0.1) is 10.5 Å². The van der Waals surface area contributed by atoms with Crippen LogP contribution in [0, 0.1) is 5.82 Å². The molecular formula is C20H16FN3O4S2. The predicted octanol–water partition coefficient (Wildman–Crippen LogP) is 2.58. The van der Waals surface area contributed by atoms with Crippen molar-refractivity contribution in [3.05, 3.63) is 70.4 Å². The minimum absolute atomic E-state index is 0.00241. The zero-order valence-electron chi connectivity index (χ0n) is 15.4. The van der Waals surface area contributed by atoms with Crippen LogP contribution in [0.4, 0.5) is 4.39 Å². The van der Waals surface area contributed by atoms with Crippen LogP contribution < -0.4 is 10.9 Å². The van der Waals surface area contributed by atoms with Crippen molar-refractivity contribution in [2.45, 2.75) is 6.42 Å². The van der Waals surface area contributed by atoms with Crippen molar-refractivity contribution in [3.63, 3.8) is 0 Å². The van der Waals surface area contributed by atoms with Crippen molar-refractivity contribution in [1.82, 2.24) is 15.8 Å². The number of thiocarbonyl (C=S) groups is 1. The van der Waals surface area contributed by atoms with Gasteiger partial charge in [0, 0.05) is 18.5 Å². The fourth-order valence-electron chi connectivity index (χ4n) is 2.56. The van der Waals surface area contributed by atoms with Gasteiger partial charge >= 0.3 is 0 Å². The first-order valence-corrected chi connectivity index (χ1v) is 9.96. The largest absolute Gasteiger partial charge is 0.507 e. The number of thioether (sulfide) groups is 1. The van der Waals surface area contributed by atoms with Gasteiger partial charge in [-0.2, -0.15) is 0 Å². The Morgan fingerprint density at radius 1 is 1.13 bits per heavy atom. The normalized spacial score (nSPS) is 14.8. The summed E-state index contributed by atoms with van der Waals surface area (Å²) in [5.74, 6) is -2.32. The lowest BCUT2D eigenvalue weighted by atomic mass is 10.2. The van der Waals surface area contributed by atoms with Gasteiger partial charge in [0.1, 0.15) is 15.9 Å². The van der Waals surface area contributed by atoms with E-state index in [0.29, 0.717) is 0 Å². The molecule has 0 aliphatic carbocycles. The van der Waals surface area contributed by atoms with E-state index in [1.54, 1.807) is 30.3 Å². The smallest absolute Gasteiger partial charge is 0.273 e. The minimum Gasteiger partial charge on any atom is -0.507 e. The second-order valence-corrected chi connectivity index (χ2v) is 7.80. The summed E-state index contributed by atoms with van der Waals surface area (Å²) in [4.78, 5) is 38.0. The number of benzene rings is 2. The summed E-state index contributed by atoms with van der Waals surface area (Å²) in [6.07, 6.45) is 1.29. The Balaban J connectivity index is 1.54. The van der Waals surface area contributed by atoms with Gasteiger partial charge in [-0.15, -0.1) is 0 Å². The van der Waals surface area contributed by atoms with Crippen LogP contribution in [0.3, 0.4) is 0 Å². The predicted molar refractivity (Wildman–Crippen MR) is 115 cm³/mol. The van der Waals surface area contributed by atoms with Crippen LogP contribution in [0.1, 0.15) is 22.3 Å². The molecule has 0 saturated carbocycles. The zero-order chi connectivity index (χ0) is 21.7. The third kappa shape index (κ3) is 5.02. The number of nitrogens with one attached hydrogen (secondary N) is 2. The minimum atomic E-state index is -0.681. The number of aromatic hydroxyl groups is 1. The standard InChI is InChI=1S/C20H16FN3O4S2/c21-14-7-3-1-5-12(14)11-16-19(28)24(20(29)30-16)10-9-17(26)22-23-18(27)13-6-2-4-8-15(13)25/h1-8,11,25H,9-10H2,(H,22,26)(H,23,27)/b16-11+. The summed E-state index contributed by atoms with van der Waals surface area (Å²) >= 11 is 6.21. The van der Waals surface area contributed by atoms with Gasteiger partial charge in [-0.3, -0.25) is 30.1 Å². The highest BCUT2D eigenvalue weighted by molar-refractivity contribution is 8.26. The molecule has 1 aliphatic rings. The SMILES string of the molecule is O=C(CCN1C(=O)/C(=C\c2ccccc2F)SC1=S)NNC(=O)c1ccccc1O. The third-order valence-corrected chi connectivity index (χ3v) is 5.47. The fraction of sp³-hybridized carbons (Fsp3) is 0.100. The van der Waals surface area contributed by atoms with E-state index in [2.05, 4.69) is 10.9 Å². The molecule has 0 radical (unpaired) electrons. The van der Waals surface area contributed by atoms with E-state index in [-0.39, 0.29) is 39.1 Å². The van der Waals surface area contributed by atoms with Crippen LogP contribution in [0.5, 0.6) is 5.75 Å². The molecule has 1 fully saturated rings. The molecule has 30 heavy (non-hydrogen) atoms. The molecule has 0 spiro atoms. The molecule has 10 heteroatoms. The van der Waals surface area contributed by atoms with Crippen LogP contribution in [-0.2, 0) is 9.59 Å². The number of phenolic OH excluding ortho intramolecular Hbond substituents is 1. The number of carbonyl (C=O) groups excluding carboxylic acids is 3. The van der Waals surface area contributed by atoms with Crippen LogP contribution in [0.2, 0.25) is 0 Å². The molecule has 3 rings (SSSR count). The van der Waals surface area contributed by atoms with Crippen LogP contribution >= 0.6 is 24.0 Å². The lowest BCUT2D eigenvalue weighted by molar-refractivity contribution is -0.124. The van der Waals surface area contributed by atoms with Gasteiger partial charge in [-0.25, -0.2) is 4.39 Å². The Morgan fingerprint density at radius 2 is 1.83 bits per heavy atom. The van der Waals surface area contributed by atoms with E-state index < -0.39 is 23.5 Å². The number of rotatable bonds is 5. The van der Waals surface area contributed by atoms with Crippen molar-refractivity contribution in [2.24, 2.45) is 0 Å². The van der Waals surface area contributed by atoms with Crippen LogP contribution in [-0.4, -0.2) is 38.6 Å². The molecule has 1 heterocycles. The molecule has 0 atom stereocenters. The maximum Gasteiger partial charge on any atom is 0.273 e. The van der Waals surface area contributed by atoms with E-state index in [1.807, 2.05) is 0 Å². The first-order chi connectivity index (χ1) is 14.4. The Kier molecular flexibility index (Phi) is 6.80. The molecule has 3 N–H and O–H groups in total. The van der Waals surface area contributed by atoms with E-state index in [1.165, 1.54) is 29.2 Å². The molecular weight excluding hydrogens is 429 g/mol. The number of hydrogen-bond acceptors (Lipinski definition) is 6. The number of para-hydroxylation sites is 1. The molecule has 2 aromatic rings. The lowest BCUT2D eigenvalue weighted by Crippen LogP contribution is -2.43. The summed E-state index contributed by atoms with van der Waals surface area (Å²) in [7, 11) is 0. The van der Waals surface area contributed by atoms with Gasteiger partial charge < -0.3 is 5.11 Å². The fourth-order valence-corrected chi connectivity index (χ4v) is 3.86. The molecule has 154 valence electrons. The average molecular weight is 445 g/mol. The second kappa shape index (κ2) is 9.51. The molecule has 2 aromatic carbocycles. The molecule has 0 unspecified atom stereocenters. The van der Waals surface area contributed by atoms with Crippen LogP contribution in [0.15, 0.2) is 53.4 Å². The number of hydrazine groups is 1. The average Bonchev–Trinajstić information content (AvgIpc) is 2.99. The maximum absolute atomic E-state index is 13.8. The first-order valence-electron chi connectivity index (χ1n) is 8.74. The van der Waals surface area contributed by atoms with Gasteiger partial charge in [0.15, 0.2) is 0 Å². The maximum atomic E-state index is 13.8. The Hall–Kier alpha value is -3.24. The Bertz CT molecular complexity index is 1060. The summed E-state index contributed by atoms with van der Waals surface area (Å²) in [5, 5.41) is 9.64. The highest BCUT2D eigenvalue weighted by Gasteiger charge is 2.32. The van der Waals surface area contributed by atoms with Gasteiger partial charge in [-0.05, 0) is 24.3 Å². The quantitative estimate of drug-likeness (QED) is 0.372. The van der Waals surface area contributed by atoms with Crippen molar-refractivity contribution >= 4 is 52.1 Å². The topological polar surface area (TPSA) is 98.7 Å². The molecule has 3 amide bonds. The number of amides is 3. The summed E-state index contributed by atoms with van der Waals surface area (Å²) in [5.41, 5.74) is 4.68. The second-order valence-electron chi connectivity index (χ2n) is 6.12. The van der Waals surface area contributed by atoms with Crippen LogP contribution in [0.25, 0.3) is 6.08 Å². The molecule has 1 saturated heterocycles. The van der Waals surface area contributed by atoms with E-state index in [4.69, 9.17) is 12.2 Å². The number of carbonyl (C=O) groups is 3. The molecule has 1 aliphatic heterocycles. The summed E-state index contributed by atoms with van der Waals surface area (Å²) in [6.45, 7) is -0.00241. The summed E-state index contributed by atoms with van der Waals surface area (Å²) in [6, 6.07) is 11.9. The molecule has 7 nitrogen and oxygen atoms in total. The van der Waals surface area contributed by atoms with Crippen molar-refractivity contribution in [2.75, 3.05) is 6.54 Å². The van der Waals surface area contributed by atoms with Crippen molar-refractivity contribution < 1.29 is 23.9 Å². The highest BCUT2D eigenvalue weighted by atomic mass is 32.2. The third-order valence-electron chi connectivity index (χ3n) is 4.09.